The Morgan fingerprint density at radius 2 is 1.86 bits per heavy atom. The average Bonchev–Trinajstić information content (AvgIpc) is 2.02. The quantitative estimate of drug-likeness (QED) is 0.804. The molecule has 0 N–H and O–H groups in total. The topological polar surface area (TPSA) is 34.1 Å². The molecule has 0 aliphatic heterocycles. The van der Waals surface area contributed by atoms with Crippen LogP contribution in [-0.4, -0.2) is 20.4 Å². The SMILES string of the molecule is CS(=O)(=O)CC(Br)c1ccc(Cl)cc1. The van der Waals surface area contributed by atoms with E-state index in [1.807, 2.05) is 12.1 Å². The van der Waals surface area contributed by atoms with Gasteiger partial charge in [0.05, 0.1) is 10.6 Å². The molecule has 5 heteroatoms. The highest BCUT2D eigenvalue weighted by molar-refractivity contribution is 9.09. The summed E-state index contributed by atoms with van der Waals surface area (Å²) in [6.07, 6.45) is 1.22. The highest BCUT2D eigenvalue weighted by Gasteiger charge is 2.13. The fourth-order valence-corrected chi connectivity index (χ4v) is 3.63. The molecule has 0 heterocycles. The van der Waals surface area contributed by atoms with E-state index < -0.39 is 9.84 Å². The van der Waals surface area contributed by atoms with Crippen molar-refractivity contribution in [3.05, 3.63) is 34.9 Å². The number of sulfone groups is 1. The molecule has 0 saturated carbocycles. The van der Waals surface area contributed by atoms with Gasteiger partial charge in [0.25, 0.3) is 0 Å². The van der Waals surface area contributed by atoms with Crippen molar-refractivity contribution in [1.29, 1.82) is 0 Å². The van der Waals surface area contributed by atoms with E-state index in [0.717, 1.165) is 5.56 Å². The molecule has 0 aliphatic rings. The first kappa shape index (κ1) is 12.0. The van der Waals surface area contributed by atoms with Gasteiger partial charge in [0, 0.05) is 11.3 Å². The number of hydrogen-bond donors (Lipinski definition) is 0. The van der Waals surface area contributed by atoms with Gasteiger partial charge in [0.15, 0.2) is 0 Å². The Balaban J connectivity index is 2.80. The fraction of sp³-hybridized carbons (Fsp3) is 0.333. The second kappa shape index (κ2) is 4.64. The molecule has 1 rings (SSSR count). The summed E-state index contributed by atoms with van der Waals surface area (Å²) in [4.78, 5) is -0.172. The minimum absolute atomic E-state index is 0.0919. The third-order valence-electron chi connectivity index (χ3n) is 1.68. The van der Waals surface area contributed by atoms with Crippen LogP contribution in [0.25, 0.3) is 0 Å². The van der Waals surface area contributed by atoms with Crippen LogP contribution in [0.4, 0.5) is 0 Å². The Labute approximate surface area is 97.3 Å². The minimum Gasteiger partial charge on any atom is -0.229 e. The van der Waals surface area contributed by atoms with Crippen LogP contribution in [0.15, 0.2) is 24.3 Å². The number of alkyl halides is 1. The van der Waals surface area contributed by atoms with Crippen molar-refractivity contribution in [3.8, 4) is 0 Å². The summed E-state index contributed by atoms with van der Waals surface area (Å²) < 4.78 is 22.1. The van der Waals surface area contributed by atoms with Gasteiger partial charge < -0.3 is 0 Å². The van der Waals surface area contributed by atoms with E-state index in [1.165, 1.54) is 6.26 Å². The van der Waals surface area contributed by atoms with E-state index >= 15 is 0 Å². The Morgan fingerprint density at radius 1 is 1.36 bits per heavy atom. The zero-order valence-electron chi connectivity index (χ0n) is 7.57. The van der Waals surface area contributed by atoms with Crippen LogP contribution < -0.4 is 0 Å². The van der Waals surface area contributed by atoms with Crippen LogP contribution in [0, 0.1) is 0 Å². The van der Waals surface area contributed by atoms with Gasteiger partial charge in [-0.15, -0.1) is 0 Å². The van der Waals surface area contributed by atoms with Crippen LogP contribution in [-0.2, 0) is 9.84 Å². The molecule has 1 atom stereocenters. The third kappa shape index (κ3) is 3.98. The summed E-state index contributed by atoms with van der Waals surface area (Å²) in [5.41, 5.74) is 0.917. The Kier molecular flexibility index (Phi) is 3.98. The number of benzene rings is 1. The summed E-state index contributed by atoms with van der Waals surface area (Å²) in [6, 6.07) is 7.11. The van der Waals surface area contributed by atoms with E-state index in [-0.39, 0.29) is 10.6 Å². The van der Waals surface area contributed by atoms with E-state index in [9.17, 15) is 8.42 Å². The summed E-state index contributed by atoms with van der Waals surface area (Å²) in [6.45, 7) is 0. The molecule has 0 amide bonds. The Bertz CT molecular complexity index is 399. The lowest BCUT2D eigenvalue weighted by Crippen LogP contribution is -2.08. The first-order valence-electron chi connectivity index (χ1n) is 3.96. The van der Waals surface area contributed by atoms with Gasteiger partial charge in [0.1, 0.15) is 9.84 Å². The Hall–Kier alpha value is -0.0600. The second-order valence-corrected chi connectivity index (χ2v) is 6.84. The normalized spacial score (nSPS) is 13.9. The van der Waals surface area contributed by atoms with E-state index in [2.05, 4.69) is 15.9 Å². The molecule has 0 aromatic heterocycles. The van der Waals surface area contributed by atoms with Crippen LogP contribution in [0.2, 0.25) is 5.02 Å². The lowest BCUT2D eigenvalue weighted by molar-refractivity contribution is 0.601. The van der Waals surface area contributed by atoms with Crippen molar-refractivity contribution in [2.45, 2.75) is 4.83 Å². The van der Waals surface area contributed by atoms with Crippen molar-refractivity contribution < 1.29 is 8.42 Å². The van der Waals surface area contributed by atoms with Gasteiger partial charge in [-0.1, -0.05) is 39.7 Å². The molecule has 0 aliphatic carbocycles. The maximum Gasteiger partial charge on any atom is 0.148 e. The maximum atomic E-state index is 11.0. The molecule has 78 valence electrons. The lowest BCUT2D eigenvalue weighted by Gasteiger charge is -2.08. The van der Waals surface area contributed by atoms with Gasteiger partial charge in [-0.05, 0) is 17.7 Å². The van der Waals surface area contributed by atoms with Crippen molar-refractivity contribution in [1.82, 2.24) is 0 Å². The Morgan fingerprint density at radius 3 is 2.29 bits per heavy atom. The summed E-state index contributed by atoms with van der Waals surface area (Å²) in [5, 5.41) is 0.646. The standard InChI is InChI=1S/C9H10BrClO2S/c1-14(12,13)6-9(10)7-2-4-8(11)5-3-7/h2-5,9H,6H2,1H3. The molecule has 0 radical (unpaired) electrons. The number of halogens is 2. The first-order valence-corrected chi connectivity index (χ1v) is 7.31. The van der Waals surface area contributed by atoms with Crippen molar-refractivity contribution in [3.63, 3.8) is 0 Å². The predicted molar refractivity (Wildman–Crippen MR) is 62.8 cm³/mol. The zero-order valence-corrected chi connectivity index (χ0v) is 10.7. The molecule has 1 unspecified atom stereocenters. The van der Waals surface area contributed by atoms with Gasteiger partial charge >= 0.3 is 0 Å². The maximum absolute atomic E-state index is 11.0. The number of hydrogen-bond acceptors (Lipinski definition) is 2. The van der Waals surface area contributed by atoms with E-state index in [0.29, 0.717) is 5.02 Å². The van der Waals surface area contributed by atoms with Gasteiger partial charge in [-0.2, -0.15) is 0 Å². The minimum atomic E-state index is -2.96. The molecule has 0 bridgehead atoms. The van der Waals surface area contributed by atoms with E-state index in [4.69, 9.17) is 11.6 Å². The van der Waals surface area contributed by atoms with Crippen molar-refractivity contribution >= 4 is 37.4 Å². The van der Waals surface area contributed by atoms with Crippen LogP contribution in [0.3, 0.4) is 0 Å². The molecule has 0 saturated heterocycles. The molecule has 1 aromatic rings. The smallest absolute Gasteiger partial charge is 0.148 e. The monoisotopic (exact) mass is 296 g/mol. The van der Waals surface area contributed by atoms with Gasteiger partial charge in [-0.25, -0.2) is 8.42 Å². The molecule has 1 aromatic carbocycles. The highest BCUT2D eigenvalue weighted by Crippen LogP contribution is 2.25. The molecular weight excluding hydrogens is 288 g/mol. The van der Waals surface area contributed by atoms with Crippen LogP contribution in [0.1, 0.15) is 10.4 Å². The molecular formula is C9H10BrClO2S. The van der Waals surface area contributed by atoms with Gasteiger partial charge in [0.2, 0.25) is 0 Å². The van der Waals surface area contributed by atoms with E-state index in [1.54, 1.807) is 12.1 Å². The molecule has 0 fully saturated rings. The third-order valence-corrected chi connectivity index (χ3v) is 4.15. The molecule has 14 heavy (non-hydrogen) atoms. The summed E-state index contributed by atoms with van der Waals surface area (Å²) in [7, 11) is -2.96. The predicted octanol–water partition coefficient (Wildman–Crippen LogP) is 2.82. The molecule has 2 nitrogen and oxygen atoms in total. The summed E-state index contributed by atoms with van der Waals surface area (Å²) in [5.74, 6) is 0.0919. The lowest BCUT2D eigenvalue weighted by atomic mass is 10.2. The van der Waals surface area contributed by atoms with Crippen molar-refractivity contribution in [2.24, 2.45) is 0 Å². The summed E-state index contributed by atoms with van der Waals surface area (Å²) >= 11 is 9.04. The largest absolute Gasteiger partial charge is 0.229 e. The first-order chi connectivity index (χ1) is 6.38. The van der Waals surface area contributed by atoms with Crippen molar-refractivity contribution in [2.75, 3.05) is 12.0 Å². The fourth-order valence-electron chi connectivity index (χ4n) is 1.03. The molecule has 0 spiro atoms. The number of rotatable bonds is 3. The average molecular weight is 298 g/mol. The highest BCUT2D eigenvalue weighted by atomic mass is 79.9. The zero-order chi connectivity index (χ0) is 10.8. The van der Waals surface area contributed by atoms with Gasteiger partial charge in [-0.3, -0.25) is 0 Å². The second-order valence-electron chi connectivity index (χ2n) is 3.11. The van der Waals surface area contributed by atoms with Crippen LogP contribution >= 0.6 is 27.5 Å². The van der Waals surface area contributed by atoms with Crippen LogP contribution in [0.5, 0.6) is 0 Å².